The van der Waals surface area contributed by atoms with Crippen LogP contribution in [0.15, 0.2) is 16.8 Å². The molecule has 0 amide bonds. The van der Waals surface area contributed by atoms with Crippen molar-refractivity contribution in [1.82, 2.24) is 10.2 Å². The number of nitrogens with zero attached hydrogens (tertiary/aromatic N) is 1. The van der Waals surface area contributed by atoms with E-state index in [1.165, 1.54) is 31.4 Å². The molecule has 0 aromatic carbocycles. The summed E-state index contributed by atoms with van der Waals surface area (Å²) in [5.74, 6) is 0.780. The van der Waals surface area contributed by atoms with E-state index >= 15 is 0 Å². The monoisotopic (exact) mass is 294 g/mol. The Morgan fingerprint density at radius 1 is 1.45 bits per heavy atom. The fourth-order valence-corrected chi connectivity index (χ4v) is 4.46. The van der Waals surface area contributed by atoms with Gasteiger partial charge in [-0.1, -0.05) is 27.2 Å². The summed E-state index contributed by atoms with van der Waals surface area (Å²) in [6.45, 7) is 10.5. The normalized spacial score (nSPS) is 26.1. The Morgan fingerprint density at radius 3 is 2.90 bits per heavy atom. The lowest BCUT2D eigenvalue weighted by atomic mass is 9.67. The Hall–Kier alpha value is -0.380. The molecule has 1 saturated carbocycles. The second-order valence-electron chi connectivity index (χ2n) is 7.00. The van der Waals surface area contributed by atoms with Gasteiger partial charge in [-0.05, 0) is 60.2 Å². The molecule has 0 radical (unpaired) electrons. The summed E-state index contributed by atoms with van der Waals surface area (Å²) in [5.41, 5.74) is 1.88. The van der Waals surface area contributed by atoms with Crippen LogP contribution in [-0.4, -0.2) is 31.1 Å². The van der Waals surface area contributed by atoms with Crippen molar-refractivity contribution >= 4 is 11.3 Å². The summed E-state index contributed by atoms with van der Waals surface area (Å²) >= 11 is 1.80. The highest BCUT2D eigenvalue weighted by molar-refractivity contribution is 7.07. The van der Waals surface area contributed by atoms with Crippen LogP contribution in [0.2, 0.25) is 0 Å². The molecule has 0 spiro atoms. The van der Waals surface area contributed by atoms with Crippen LogP contribution in [0.3, 0.4) is 0 Å². The van der Waals surface area contributed by atoms with E-state index < -0.39 is 0 Å². The Kier molecular flexibility index (Phi) is 5.65. The molecule has 1 N–H and O–H groups in total. The molecule has 1 aromatic rings. The molecule has 1 fully saturated rings. The molecule has 0 saturated heterocycles. The molecular formula is C17H30N2S. The second-order valence-corrected chi connectivity index (χ2v) is 7.78. The molecule has 0 aliphatic heterocycles. The number of hydrogen-bond donors (Lipinski definition) is 1. The van der Waals surface area contributed by atoms with Gasteiger partial charge in [-0.15, -0.1) is 0 Å². The van der Waals surface area contributed by atoms with E-state index in [2.05, 4.69) is 54.9 Å². The van der Waals surface area contributed by atoms with Gasteiger partial charge in [0.05, 0.1) is 0 Å². The zero-order valence-electron chi connectivity index (χ0n) is 13.5. The van der Waals surface area contributed by atoms with Crippen molar-refractivity contribution in [2.45, 2.75) is 52.6 Å². The fourth-order valence-electron chi connectivity index (χ4n) is 3.80. The third kappa shape index (κ3) is 4.06. The van der Waals surface area contributed by atoms with Crippen molar-refractivity contribution in [3.8, 4) is 0 Å². The van der Waals surface area contributed by atoms with E-state index in [-0.39, 0.29) is 0 Å². The van der Waals surface area contributed by atoms with Gasteiger partial charge in [0.25, 0.3) is 0 Å². The molecule has 2 rings (SSSR count). The molecule has 2 nitrogen and oxygen atoms in total. The highest BCUT2D eigenvalue weighted by Crippen LogP contribution is 2.39. The van der Waals surface area contributed by atoms with Gasteiger partial charge in [0.15, 0.2) is 0 Å². The average Bonchev–Trinajstić information content (AvgIpc) is 2.86. The quantitative estimate of drug-likeness (QED) is 0.853. The molecule has 1 heterocycles. The summed E-state index contributed by atoms with van der Waals surface area (Å²) < 4.78 is 0. The van der Waals surface area contributed by atoms with Crippen LogP contribution in [0.5, 0.6) is 0 Å². The summed E-state index contributed by atoms with van der Waals surface area (Å²) in [5, 5.41) is 8.21. The number of hydrogen-bond acceptors (Lipinski definition) is 3. The largest absolute Gasteiger partial charge is 0.313 e. The van der Waals surface area contributed by atoms with Crippen molar-refractivity contribution in [3.05, 3.63) is 22.4 Å². The van der Waals surface area contributed by atoms with Crippen molar-refractivity contribution in [2.75, 3.05) is 20.1 Å². The Balaban J connectivity index is 1.95. The lowest BCUT2D eigenvalue weighted by Gasteiger charge is -2.45. The summed E-state index contributed by atoms with van der Waals surface area (Å²) in [6.07, 6.45) is 4.11. The minimum atomic E-state index is 0.433. The predicted molar refractivity (Wildman–Crippen MR) is 89.2 cm³/mol. The molecule has 2 atom stereocenters. The van der Waals surface area contributed by atoms with Crippen LogP contribution in [0.1, 0.15) is 45.6 Å². The van der Waals surface area contributed by atoms with Gasteiger partial charge >= 0.3 is 0 Å². The number of nitrogens with one attached hydrogen (secondary N) is 1. The number of rotatable bonds is 6. The molecular weight excluding hydrogens is 264 g/mol. The first-order valence-corrected chi connectivity index (χ1v) is 8.90. The first kappa shape index (κ1) is 16.0. The molecule has 1 aromatic heterocycles. The predicted octanol–water partition coefficient (Wildman–Crippen LogP) is 3.98. The Morgan fingerprint density at radius 2 is 2.25 bits per heavy atom. The van der Waals surface area contributed by atoms with Gasteiger partial charge in [-0.3, -0.25) is 0 Å². The van der Waals surface area contributed by atoms with Gasteiger partial charge in [-0.25, -0.2) is 0 Å². The second kappa shape index (κ2) is 7.06. The van der Waals surface area contributed by atoms with Crippen LogP contribution in [0.4, 0.5) is 0 Å². The van der Waals surface area contributed by atoms with E-state index in [9.17, 15) is 0 Å². The third-order valence-corrected chi connectivity index (χ3v) is 5.44. The first-order chi connectivity index (χ1) is 9.53. The molecule has 1 aliphatic carbocycles. The third-order valence-electron chi connectivity index (χ3n) is 4.71. The summed E-state index contributed by atoms with van der Waals surface area (Å²) in [4.78, 5) is 2.50. The van der Waals surface area contributed by atoms with Crippen LogP contribution >= 0.6 is 11.3 Å². The summed E-state index contributed by atoms with van der Waals surface area (Å²) in [7, 11) is 2.27. The standard InChI is InChI=1S/C17H30N2S/c1-5-18-16-15(7-6-9-17(16,2)3)12-19(4)11-14-8-10-20-13-14/h8,10,13,15-16,18H,5-7,9,11-12H2,1-4H3. The van der Waals surface area contributed by atoms with E-state index in [1.807, 2.05) is 0 Å². The van der Waals surface area contributed by atoms with Gasteiger partial charge in [-0.2, -0.15) is 11.3 Å². The van der Waals surface area contributed by atoms with Crippen molar-refractivity contribution in [3.63, 3.8) is 0 Å². The van der Waals surface area contributed by atoms with Crippen molar-refractivity contribution < 1.29 is 0 Å². The van der Waals surface area contributed by atoms with E-state index in [4.69, 9.17) is 0 Å². The first-order valence-electron chi connectivity index (χ1n) is 7.96. The minimum Gasteiger partial charge on any atom is -0.313 e. The van der Waals surface area contributed by atoms with Crippen molar-refractivity contribution in [1.29, 1.82) is 0 Å². The maximum atomic E-state index is 3.76. The van der Waals surface area contributed by atoms with Crippen LogP contribution < -0.4 is 5.32 Å². The van der Waals surface area contributed by atoms with E-state index in [0.29, 0.717) is 11.5 Å². The van der Waals surface area contributed by atoms with Crippen LogP contribution in [-0.2, 0) is 6.54 Å². The minimum absolute atomic E-state index is 0.433. The van der Waals surface area contributed by atoms with Gasteiger partial charge < -0.3 is 10.2 Å². The molecule has 1 aliphatic rings. The lowest BCUT2D eigenvalue weighted by molar-refractivity contribution is 0.0848. The SMILES string of the molecule is CCNC1C(CN(C)Cc2ccsc2)CCCC1(C)C. The highest BCUT2D eigenvalue weighted by Gasteiger charge is 2.38. The van der Waals surface area contributed by atoms with Gasteiger partial charge in [0.2, 0.25) is 0 Å². The zero-order chi connectivity index (χ0) is 14.6. The summed E-state index contributed by atoms with van der Waals surface area (Å²) in [6, 6.07) is 2.90. The van der Waals surface area contributed by atoms with Crippen LogP contribution in [0.25, 0.3) is 0 Å². The lowest BCUT2D eigenvalue weighted by Crippen LogP contribution is -2.52. The topological polar surface area (TPSA) is 15.3 Å². The molecule has 2 unspecified atom stereocenters. The number of thiophene rings is 1. The van der Waals surface area contributed by atoms with Gasteiger partial charge in [0, 0.05) is 19.1 Å². The van der Waals surface area contributed by atoms with E-state index in [1.54, 1.807) is 11.3 Å². The average molecular weight is 295 g/mol. The van der Waals surface area contributed by atoms with Crippen molar-refractivity contribution in [2.24, 2.45) is 11.3 Å². The molecule has 20 heavy (non-hydrogen) atoms. The highest BCUT2D eigenvalue weighted by atomic mass is 32.1. The van der Waals surface area contributed by atoms with Crippen LogP contribution in [0, 0.1) is 11.3 Å². The Bertz CT molecular complexity index is 386. The zero-order valence-corrected chi connectivity index (χ0v) is 14.3. The van der Waals surface area contributed by atoms with E-state index in [0.717, 1.165) is 19.0 Å². The van der Waals surface area contributed by atoms with Gasteiger partial charge in [0.1, 0.15) is 0 Å². The molecule has 0 bridgehead atoms. The maximum Gasteiger partial charge on any atom is 0.0239 e. The maximum absolute atomic E-state index is 3.76. The fraction of sp³-hybridized carbons (Fsp3) is 0.765. The molecule has 114 valence electrons. The smallest absolute Gasteiger partial charge is 0.0239 e. The Labute approximate surface area is 128 Å². The molecule has 3 heteroatoms.